The highest BCUT2D eigenvalue weighted by Gasteiger charge is 2.37. The second-order valence-corrected chi connectivity index (χ2v) is 7.50. The molecule has 148 valence electrons. The van der Waals surface area contributed by atoms with Crippen molar-refractivity contribution in [1.82, 2.24) is 19.6 Å². The molecule has 3 amide bonds. The van der Waals surface area contributed by atoms with E-state index in [1.54, 1.807) is 36.2 Å². The Morgan fingerprint density at radius 2 is 2.04 bits per heavy atom. The number of carbonyl (C=O) groups excluding carboxylic acids is 3. The number of nitrogens with zero attached hydrogens (tertiary/aromatic N) is 4. The fraction of sp³-hybridized carbons (Fsp3) is 0.632. The van der Waals surface area contributed by atoms with Gasteiger partial charge in [-0.25, -0.2) is 0 Å². The zero-order chi connectivity index (χ0) is 19.4. The predicted octanol–water partition coefficient (Wildman–Crippen LogP) is 0.251. The highest BCUT2D eigenvalue weighted by molar-refractivity contribution is 5.89. The molecule has 3 rings (SSSR count). The van der Waals surface area contributed by atoms with Gasteiger partial charge in [0.15, 0.2) is 0 Å². The number of furan rings is 1. The number of carbonyl (C=O) groups is 3. The first kappa shape index (κ1) is 19.4. The van der Waals surface area contributed by atoms with E-state index < -0.39 is 0 Å². The van der Waals surface area contributed by atoms with Gasteiger partial charge < -0.3 is 19.1 Å². The van der Waals surface area contributed by atoms with Crippen molar-refractivity contribution in [3.8, 4) is 0 Å². The highest BCUT2D eigenvalue weighted by atomic mass is 16.3. The summed E-state index contributed by atoms with van der Waals surface area (Å²) in [5, 5.41) is 0. The van der Waals surface area contributed by atoms with E-state index in [0.29, 0.717) is 39.3 Å². The van der Waals surface area contributed by atoms with Gasteiger partial charge in [-0.1, -0.05) is 0 Å². The minimum Gasteiger partial charge on any atom is -0.467 e. The molecule has 1 aromatic rings. The average Bonchev–Trinajstić information content (AvgIpc) is 3.20. The Morgan fingerprint density at radius 3 is 2.74 bits per heavy atom. The second kappa shape index (κ2) is 8.56. The molecule has 8 nitrogen and oxygen atoms in total. The van der Waals surface area contributed by atoms with E-state index in [9.17, 15) is 14.4 Å². The van der Waals surface area contributed by atoms with Gasteiger partial charge in [-0.15, -0.1) is 0 Å². The molecule has 8 heteroatoms. The summed E-state index contributed by atoms with van der Waals surface area (Å²) in [6.45, 7) is 4.00. The smallest absolute Gasteiger partial charge is 0.236 e. The van der Waals surface area contributed by atoms with Crippen molar-refractivity contribution < 1.29 is 18.8 Å². The van der Waals surface area contributed by atoms with Crippen LogP contribution < -0.4 is 0 Å². The van der Waals surface area contributed by atoms with E-state index in [-0.39, 0.29) is 30.1 Å². The molecule has 0 spiro atoms. The lowest BCUT2D eigenvalue weighted by Crippen LogP contribution is -2.41. The Labute approximate surface area is 159 Å². The molecule has 1 aromatic heterocycles. The molecule has 27 heavy (non-hydrogen) atoms. The van der Waals surface area contributed by atoms with Crippen LogP contribution in [0.3, 0.4) is 0 Å². The molecule has 0 saturated carbocycles. The summed E-state index contributed by atoms with van der Waals surface area (Å²) in [6.07, 6.45) is 2.69. The van der Waals surface area contributed by atoms with Crippen LogP contribution in [0.15, 0.2) is 22.8 Å². The Balaban J connectivity index is 1.52. The largest absolute Gasteiger partial charge is 0.467 e. The van der Waals surface area contributed by atoms with E-state index in [1.807, 2.05) is 11.0 Å². The normalized spacial score (nSPS) is 21.4. The van der Waals surface area contributed by atoms with Gasteiger partial charge in [0, 0.05) is 53.2 Å². The first-order chi connectivity index (χ1) is 12.9. The summed E-state index contributed by atoms with van der Waals surface area (Å²) in [5.41, 5.74) is 0. The van der Waals surface area contributed by atoms with Gasteiger partial charge in [0.25, 0.3) is 0 Å². The maximum absolute atomic E-state index is 12.9. The van der Waals surface area contributed by atoms with Gasteiger partial charge in [-0.3, -0.25) is 19.3 Å². The molecule has 2 saturated heterocycles. The van der Waals surface area contributed by atoms with Crippen LogP contribution in [0.25, 0.3) is 0 Å². The van der Waals surface area contributed by atoms with Crippen molar-refractivity contribution in [3.63, 3.8) is 0 Å². The zero-order valence-electron chi connectivity index (χ0n) is 16.1. The van der Waals surface area contributed by atoms with Crippen molar-refractivity contribution >= 4 is 17.7 Å². The van der Waals surface area contributed by atoms with Gasteiger partial charge in [-0.2, -0.15) is 0 Å². The van der Waals surface area contributed by atoms with E-state index in [1.165, 1.54) is 0 Å². The van der Waals surface area contributed by atoms with E-state index >= 15 is 0 Å². The monoisotopic (exact) mass is 376 g/mol. The Morgan fingerprint density at radius 1 is 1.22 bits per heavy atom. The van der Waals surface area contributed by atoms with E-state index in [0.717, 1.165) is 18.7 Å². The molecular weight excluding hydrogens is 348 g/mol. The maximum Gasteiger partial charge on any atom is 0.236 e. The van der Waals surface area contributed by atoms with Crippen molar-refractivity contribution in [2.24, 2.45) is 5.92 Å². The minimum absolute atomic E-state index is 0.00206. The van der Waals surface area contributed by atoms with Gasteiger partial charge in [-0.05, 0) is 18.6 Å². The number of hydrogen-bond acceptors (Lipinski definition) is 5. The van der Waals surface area contributed by atoms with Crippen LogP contribution in [0.2, 0.25) is 0 Å². The second-order valence-electron chi connectivity index (χ2n) is 7.50. The lowest BCUT2D eigenvalue weighted by atomic mass is 10.1. The van der Waals surface area contributed by atoms with Crippen LogP contribution in [-0.2, 0) is 20.9 Å². The zero-order valence-corrected chi connectivity index (χ0v) is 16.1. The maximum atomic E-state index is 12.9. The summed E-state index contributed by atoms with van der Waals surface area (Å²) in [4.78, 5) is 44.3. The molecule has 2 fully saturated rings. The third kappa shape index (κ3) is 4.88. The number of likely N-dealkylation sites (N-methyl/N-ethyl adjacent to an activating group) is 1. The fourth-order valence-electron chi connectivity index (χ4n) is 3.62. The van der Waals surface area contributed by atoms with Gasteiger partial charge >= 0.3 is 0 Å². The molecule has 2 aliphatic heterocycles. The highest BCUT2D eigenvalue weighted by Crippen LogP contribution is 2.23. The van der Waals surface area contributed by atoms with E-state index in [2.05, 4.69) is 4.90 Å². The molecule has 0 bridgehead atoms. The lowest BCUT2D eigenvalue weighted by Gasteiger charge is -2.24. The van der Waals surface area contributed by atoms with Crippen LogP contribution in [0, 0.1) is 5.92 Å². The average molecular weight is 376 g/mol. The fourth-order valence-corrected chi connectivity index (χ4v) is 3.62. The molecular formula is C19H28N4O4. The topological polar surface area (TPSA) is 77.3 Å². The summed E-state index contributed by atoms with van der Waals surface area (Å²) >= 11 is 0. The SMILES string of the molecule is CN(C)C(=O)CN1CCCN(C(=O)C2CC(=O)N(Cc3ccco3)C2)CC1. The van der Waals surface area contributed by atoms with Crippen molar-refractivity contribution in [1.29, 1.82) is 0 Å². The molecule has 1 unspecified atom stereocenters. The van der Waals surface area contributed by atoms with Crippen molar-refractivity contribution in [2.75, 3.05) is 53.4 Å². The summed E-state index contributed by atoms with van der Waals surface area (Å²) in [6, 6.07) is 3.63. The Hall–Kier alpha value is -2.35. The predicted molar refractivity (Wildman–Crippen MR) is 98.6 cm³/mol. The van der Waals surface area contributed by atoms with Crippen LogP contribution in [0.1, 0.15) is 18.6 Å². The number of likely N-dealkylation sites (tertiary alicyclic amines) is 1. The van der Waals surface area contributed by atoms with Crippen molar-refractivity contribution in [3.05, 3.63) is 24.2 Å². The van der Waals surface area contributed by atoms with E-state index in [4.69, 9.17) is 4.42 Å². The first-order valence-corrected chi connectivity index (χ1v) is 9.45. The summed E-state index contributed by atoms with van der Waals surface area (Å²) in [7, 11) is 3.50. The number of amides is 3. The quantitative estimate of drug-likeness (QED) is 0.736. The molecule has 1 atom stereocenters. The minimum atomic E-state index is -0.289. The van der Waals surface area contributed by atoms with Gasteiger partial charge in [0.1, 0.15) is 5.76 Å². The summed E-state index contributed by atoms with van der Waals surface area (Å²) in [5.74, 6) is 0.559. The van der Waals surface area contributed by atoms with Crippen LogP contribution in [0.4, 0.5) is 0 Å². The molecule has 2 aliphatic rings. The molecule has 0 N–H and O–H groups in total. The first-order valence-electron chi connectivity index (χ1n) is 9.45. The number of rotatable bonds is 5. The summed E-state index contributed by atoms with van der Waals surface area (Å²) < 4.78 is 5.31. The van der Waals surface area contributed by atoms with Gasteiger partial charge in [0.05, 0.1) is 25.3 Å². The van der Waals surface area contributed by atoms with Crippen molar-refractivity contribution in [2.45, 2.75) is 19.4 Å². The Bertz CT molecular complexity index is 673. The molecule has 0 aliphatic carbocycles. The lowest BCUT2D eigenvalue weighted by molar-refractivity contribution is -0.135. The Kier molecular flexibility index (Phi) is 6.15. The van der Waals surface area contributed by atoms with Crippen LogP contribution in [-0.4, -0.2) is 90.7 Å². The molecule has 0 radical (unpaired) electrons. The van der Waals surface area contributed by atoms with Crippen LogP contribution >= 0.6 is 0 Å². The molecule has 3 heterocycles. The van der Waals surface area contributed by atoms with Crippen LogP contribution in [0.5, 0.6) is 0 Å². The third-order valence-electron chi connectivity index (χ3n) is 5.25. The standard InChI is InChI=1S/C19H28N4O4/c1-20(2)18(25)14-21-6-4-7-22(9-8-21)19(26)15-11-17(24)23(12-15)13-16-5-3-10-27-16/h3,5,10,15H,4,6-9,11-14H2,1-2H3. The molecule has 0 aromatic carbocycles. The third-order valence-corrected chi connectivity index (χ3v) is 5.25. The number of hydrogen-bond donors (Lipinski definition) is 0. The van der Waals surface area contributed by atoms with Gasteiger partial charge in [0.2, 0.25) is 17.7 Å².